The van der Waals surface area contributed by atoms with Crippen LogP contribution in [0.1, 0.15) is 5.82 Å². The minimum Gasteiger partial charge on any atom is -0.373 e. The summed E-state index contributed by atoms with van der Waals surface area (Å²) in [5, 5.41) is 0. The average molecular weight is 191 g/mol. The van der Waals surface area contributed by atoms with Crippen molar-refractivity contribution >= 4 is 5.69 Å². The summed E-state index contributed by atoms with van der Waals surface area (Å²) in [6.07, 6.45) is 3.64. The lowest BCUT2D eigenvalue weighted by molar-refractivity contribution is 0.143. The van der Waals surface area contributed by atoms with Crippen LogP contribution in [0.15, 0.2) is 24.7 Å². The van der Waals surface area contributed by atoms with Crippen LogP contribution < -0.4 is 4.90 Å². The summed E-state index contributed by atoms with van der Waals surface area (Å²) in [7, 11) is 0. The van der Waals surface area contributed by atoms with Gasteiger partial charge in [-0.2, -0.15) is 0 Å². The second kappa shape index (κ2) is 3.75. The first-order chi connectivity index (χ1) is 6.77. The standard InChI is InChI=1S/C10H13N3O/c1-8-7-14-4-3-13(8)10-5-11-9(2)12-6-10/h5-6H,1,3-4,7H2,2H3. The Bertz CT molecular complexity index is 334. The lowest BCUT2D eigenvalue weighted by atomic mass is 10.3. The summed E-state index contributed by atoms with van der Waals surface area (Å²) in [5.74, 6) is 0.785. The Hall–Kier alpha value is -1.42. The molecule has 4 heteroatoms. The molecule has 0 aliphatic carbocycles. The molecule has 2 heterocycles. The van der Waals surface area contributed by atoms with Gasteiger partial charge in [0.05, 0.1) is 31.3 Å². The molecule has 0 saturated carbocycles. The number of rotatable bonds is 1. The highest BCUT2D eigenvalue weighted by Gasteiger charge is 2.15. The van der Waals surface area contributed by atoms with Gasteiger partial charge in [-0.05, 0) is 6.92 Å². The first kappa shape index (κ1) is 9.15. The molecule has 0 amide bonds. The number of ether oxygens (including phenoxy) is 1. The van der Waals surface area contributed by atoms with Gasteiger partial charge in [0.15, 0.2) is 0 Å². The van der Waals surface area contributed by atoms with Gasteiger partial charge < -0.3 is 9.64 Å². The summed E-state index contributed by atoms with van der Waals surface area (Å²) in [6, 6.07) is 0. The van der Waals surface area contributed by atoms with Crippen molar-refractivity contribution in [2.24, 2.45) is 0 Å². The number of hydrogen-bond donors (Lipinski definition) is 0. The van der Waals surface area contributed by atoms with E-state index in [1.54, 1.807) is 0 Å². The van der Waals surface area contributed by atoms with Crippen molar-refractivity contribution in [1.29, 1.82) is 0 Å². The number of aryl methyl sites for hydroxylation is 1. The monoisotopic (exact) mass is 191 g/mol. The van der Waals surface area contributed by atoms with Gasteiger partial charge in [-0.1, -0.05) is 6.58 Å². The maximum Gasteiger partial charge on any atom is 0.125 e. The van der Waals surface area contributed by atoms with Gasteiger partial charge >= 0.3 is 0 Å². The van der Waals surface area contributed by atoms with E-state index in [0.29, 0.717) is 6.61 Å². The molecule has 74 valence electrons. The highest BCUT2D eigenvalue weighted by molar-refractivity contribution is 5.48. The Labute approximate surface area is 83.2 Å². The summed E-state index contributed by atoms with van der Waals surface area (Å²) in [5.41, 5.74) is 1.95. The molecule has 0 spiro atoms. The van der Waals surface area contributed by atoms with Crippen LogP contribution in [0, 0.1) is 6.92 Å². The van der Waals surface area contributed by atoms with Gasteiger partial charge in [-0.15, -0.1) is 0 Å². The van der Waals surface area contributed by atoms with E-state index < -0.39 is 0 Å². The molecule has 1 aromatic rings. The van der Waals surface area contributed by atoms with Crippen LogP contribution in [0.4, 0.5) is 5.69 Å². The topological polar surface area (TPSA) is 38.2 Å². The molecule has 1 saturated heterocycles. The summed E-state index contributed by atoms with van der Waals surface area (Å²) in [6.45, 7) is 7.96. The molecular formula is C10H13N3O. The molecule has 0 aromatic carbocycles. The van der Waals surface area contributed by atoms with Crippen LogP contribution in [0.5, 0.6) is 0 Å². The van der Waals surface area contributed by atoms with Crippen LogP contribution in [0.2, 0.25) is 0 Å². The van der Waals surface area contributed by atoms with Crippen molar-refractivity contribution in [3.05, 3.63) is 30.5 Å². The van der Waals surface area contributed by atoms with E-state index in [1.807, 2.05) is 19.3 Å². The number of morpholine rings is 1. The van der Waals surface area contributed by atoms with E-state index in [-0.39, 0.29) is 0 Å². The third-order valence-corrected chi connectivity index (χ3v) is 2.19. The number of nitrogens with zero attached hydrogens (tertiary/aromatic N) is 3. The molecule has 1 fully saturated rings. The number of anilines is 1. The van der Waals surface area contributed by atoms with E-state index in [4.69, 9.17) is 4.74 Å². The zero-order chi connectivity index (χ0) is 9.97. The van der Waals surface area contributed by atoms with Crippen LogP contribution in [0.25, 0.3) is 0 Å². The van der Waals surface area contributed by atoms with Crippen molar-refractivity contribution in [2.75, 3.05) is 24.7 Å². The molecule has 0 bridgehead atoms. The van der Waals surface area contributed by atoms with E-state index in [0.717, 1.165) is 30.4 Å². The van der Waals surface area contributed by atoms with Crippen molar-refractivity contribution < 1.29 is 4.74 Å². The first-order valence-corrected chi connectivity index (χ1v) is 4.59. The third kappa shape index (κ3) is 1.75. The van der Waals surface area contributed by atoms with Gasteiger partial charge in [0, 0.05) is 12.2 Å². The largest absolute Gasteiger partial charge is 0.373 e. The molecule has 0 N–H and O–H groups in total. The lowest BCUT2D eigenvalue weighted by Gasteiger charge is -2.30. The van der Waals surface area contributed by atoms with Crippen LogP contribution >= 0.6 is 0 Å². The van der Waals surface area contributed by atoms with E-state index in [9.17, 15) is 0 Å². The maximum atomic E-state index is 5.28. The molecular weight excluding hydrogens is 178 g/mol. The molecule has 0 unspecified atom stereocenters. The predicted octanol–water partition coefficient (Wildman–Crippen LogP) is 1.14. The quantitative estimate of drug-likeness (QED) is 0.667. The second-order valence-corrected chi connectivity index (χ2v) is 3.26. The normalized spacial score (nSPS) is 17.2. The Morgan fingerprint density at radius 2 is 2.14 bits per heavy atom. The van der Waals surface area contributed by atoms with Gasteiger partial charge in [0.2, 0.25) is 0 Å². The molecule has 0 radical (unpaired) electrons. The Balaban J connectivity index is 2.20. The fourth-order valence-electron chi connectivity index (χ4n) is 1.42. The van der Waals surface area contributed by atoms with E-state index in [1.165, 1.54) is 0 Å². The van der Waals surface area contributed by atoms with Crippen LogP contribution in [-0.4, -0.2) is 29.7 Å². The maximum absolute atomic E-state index is 5.28. The predicted molar refractivity (Wildman–Crippen MR) is 54.1 cm³/mol. The molecule has 0 atom stereocenters. The lowest BCUT2D eigenvalue weighted by Crippen LogP contribution is -2.33. The first-order valence-electron chi connectivity index (χ1n) is 4.59. The minimum atomic E-state index is 0.591. The Morgan fingerprint density at radius 1 is 1.43 bits per heavy atom. The minimum absolute atomic E-state index is 0.591. The molecule has 14 heavy (non-hydrogen) atoms. The summed E-state index contributed by atoms with van der Waals surface area (Å²) < 4.78 is 5.28. The van der Waals surface area contributed by atoms with Gasteiger partial charge in [-0.25, -0.2) is 9.97 Å². The fraction of sp³-hybridized carbons (Fsp3) is 0.400. The van der Waals surface area contributed by atoms with Gasteiger partial charge in [-0.3, -0.25) is 0 Å². The molecule has 1 aliphatic heterocycles. The average Bonchev–Trinajstić information content (AvgIpc) is 2.20. The van der Waals surface area contributed by atoms with E-state index >= 15 is 0 Å². The fourth-order valence-corrected chi connectivity index (χ4v) is 1.42. The SMILES string of the molecule is C=C1COCCN1c1cnc(C)nc1. The zero-order valence-corrected chi connectivity index (χ0v) is 8.23. The second-order valence-electron chi connectivity index (χ2n) is 3.26. The number of aromatic nitrogens is 2. The van der Waals surface area contributed by atoms with Crippen molar-refractivity contribution in [3.63, 3.8) is 0 Å². The third-order valence-electron chi connectivity index (χ3n) is 2.19. The smallest absolute Gasteiger partial charge is 0.125 e. The van der Waals surface area contributed by atoms with Crippen LogP contribution in [0.3, 0.4) is 0 Å². The Kier molecular flexibility index (Phi) is 2.45. The Morgan fingerprint density at radius 3 is 2.79 bits per heavy atom. The van der Waals surface area contributed by atoms with Crippen molar-refractivity contribution in [2.45, 2.75) is 6.92 Å². The van der Waals surface area contributed by atoms with Crippen molar-refractivity contribution in [3.8, 4) is 0 Å². The summed E-state index contributed by atoms with van der Waals surface area (Å²) >= 11 is 0. The van der Waals surface area contributed by atoms with E-state index in [2.05, 4.69) is 21.4 Å². The highest BCUT2D eigenvalue weighted by Crippen LogP contribution is 2.18. The number of hydrogen-bond acceptors (Lipinski definition) is 4. The highest BCUT2D eigenvalue weighted by atomic mass is 16.5. The zero-order valence-electron chi connectivity index (χ0n) is 8.23. The van der Waals surface area contributed by atoms with Crippen LogP contribution in [-0.2, 0) is 4.74 Å². The van der Waals surface area contributed by atoms with Gasteiger partial charge in [0.25, 0.3) is 0 Å². The molecule has 1 aliphatic rings. The molecule has 2 rings (SSSR count). The molecule has 4 nitrogen and oxygen atoms in total. The molecule has 1 aromatic heterocycles. The summed E-state index contributed by atoms with van der Waals surface area (Å²) in [4.78, 5) is 10.4. The van der Waals surface area contributed by atoms with Gasteiger partial charge in [0.1, 0.15) is 5.82 Å². The van der Waals surface area contributed by atoms with Crippen molar-refractivity contribution in [1.82, 2.24) is 9.97 Å².